The van der Waals surface area contributed by atoms with Gasteiger partial charge in [-0.1, -0.05) is 6.92 Å². The molecule has 0 amide bonds. The molecule has 100 valence electrons. The van der Waals surface area contributed by atoms with Gasteiger partial charge in [-0.3, -0.25) is 4.79 Å². The predicted molar refractivity (Wildman–Crippen MR) is 69.2 cm³/mol. The van der Waals surface area contributed by atoms with Gasteiger partial charge in [0.2, 0.25) is 0 Å². The summed E-state index contributed by atoms with van der Waals surface area (Å²) >= 11 is 0. The highest BCUT2D eigenvalue weighted by Gasteiger charge is 2.19. The Morgan fingerprint density at radius 2 is 2.00 bits per heavy atom. The van der Waals surface area contributed by atoms with Gasteiger partial charge >= 0.3 is 5.97 Å². The molecule has 0 atom stereocenters. The number of hydrogen-bond donors (Lipinski definition) is 2. The van der Waals surface area contributed by atoms with E-state index in [9.17, 15) is 4.79 Å². The van der Waals surface area contributed by atoms with Gasteiger partial charge in [0, 0.05) is 12.5 Å². The molecular formula is C13H26N2O2. The van der Waals surface area contributed by atoms with Crippen LogP contribution in [0.4, 0.5) is 0 Å². The zero-order valence-corrected chi connectivity index (χ0v) is 11.0. The molecule has 1 saturated heterocycles. The summed E-state index contributed by atoms with van der Waals surface area (Å²) in [5, 5.41) is 12.0. The smallest absolute Gasteiger partial charge is 0.303 e. The molecule has 1 heterocycles. The molecule has 0 bridgehead atoms. The van der Waals surface area contributed by atoms with Crippen LogP contribution in [0, 0.1) is 0 Å². The fraction of sp³-hybridized carbons (Fsp3) is 0.923. The van der Waals surface area contributed by atoms with Crippen molar-refractivity contribution in [3.8, 4) is 0 Å². The van der Waals surface area contributed by atoms with Gasteiger partial charge < -0.3 is 15.3 Å². The van der Waals surface area contributed by atoms with Crippen LogP contribution in [-0.2, 0) is 4.79 Å². The fourth-order valence-electron chi connectivity index (χ4n) is 2.53. The van der Waals surface area contributed by atoms with E-state index in [0.717, 1.165) is 39.0 Å². The summed E-state index contributed by atoms with van der Waals surface area (Å²) in [6, 6.07) is 0.709. The molecule has 0 aliphatic carbocycles. The van der Waals surface area contributed by atoms with E-state index in [2.05, 4.69) is 17.1 Å². The van der Waals surface area contributed by atoms with Crippen LogP contribution in [0.5, 0.6) is 0 Å². The lowest BCUT2D eigenvalue weighted by atomic mass is 10.0. The van der Waals surface area contributed by atoms with Crippen molar-refractivity contribution in [2.24, 2.45) is 0 Å². The number of hydrogen-bond acceptors (Lipinski definition) is 3. The average molecular weight is 242 g/mol. The largest absolute Gasteiger partial charge is 0.481 e. The second-order valence-electron chi connectivity index (χ2n) is 4.87. The lowest BCUT2D eigenvalue weighted by Crippen LogP contribution is -2.43. The Kier molecular flexibility index (Phi) is 7.21. The number of aliphatic carboxylic acids is 1. The number of rotatable bonds is 8. The molecule has 1 fully saturated rings. The minimum Gasteiger partial charge on any atom is -0.481 e. The number of piperidine rings is 1. The minimum atomic E-state index is -0.672. The highest BCUT2D eigenvalue weighted by Crippen LogP contribution is 2.13. The van der Waals surface area contributed by atoms with Crippen molar-refractivity contribution < 1.29 is 9.90 Å². The van der Waals surface area contributed by atoms with Gasteiger partial charge in [0.25, 0.3) is 0 Å². The van der Waals surface area contributed by atoms with Crippen molar-refractivity contribution in [1.82, 2.24) is 10.2 Å². The summed E-state index contributed by atoms with van der Waals surface area (Å²) in [5.74, 6) is -0.672. The summed E-state index contributed by atoms with van der Waals surface area (Å²) in [6.45, 7) is 6.68. The highest BCUT2D eigenvalue weighted by atomic mass is 16.4. The van der Waals surface area contributed by atoms with E-state index in [-0.39, 0.29) is 0 Å². The van der Waals surface area contributed by atoms with Gasteiger partial charge in [0.15, 0.2) is 0 Å². The molecule has 1 aliphatic heterocycles. The Hall–Kier alpha value is -0.610. The van der Waals surface area contributed by atoms with E-state index in [1.54, 1.807) is 0 Å². The number of unbranched alkanes of at least 4 members (excludes halogenated alkanes) is 1. The van der Waals surface area contributed by atoms with Crippen LogP contribution in [0.3, 0.4) is 0 Å². The van der Waals surface area contributed by atoms with Gasteiger partial charge in [-0.25, -0.2) is 0 Å². The molecule has 0 unspecified atom stereocenters. The lowest BCUT2D eigenvalue weighted by molar-refractivity contribution is -0.137. The number of nitrogens with zero attached hydrogens (tertiary/aromatic N) is 1. The number of carbonyl (C=O) groups is 1. The SMILES string of the molecule is CCCN(CCCCC(=O)O)C1CCNCC1. The molecule has 2 N–H and O–H groups in total. The van der Waals surface area contributed by atoms with E-state index in [0.29, 0.717) is 12.5 Å². The van der Waals surface area contributed by atoms with Crippen LogP contribution in [0.2, 0.25) is 0 Å². The van der Waals surface area contributed by atoms with E-state index >= 15 is 0 Å². The third-order valence-electron chi connectivity index (χ3n) is 3.42. The lowest BCUT2D eigenvalue weighted by Gasteiger charge is -2.34. The first-order valence-corrected chi connectivity index (χ1v) is 6.90. The Balaban J connectivity index is 2.24. The summed E-state index contributed by atoms with van der Waals surface area (Å²) in [7, 11) is 0. The van der Waals surface area contributed by atoms with E-state index in [1.807, 2.05) is 0 Å². The van der Waals surface area contributed by atoms with Crippen molar-refractivity contribution in [1.29, 1.82) is 0 Å². The molecule has 17 heavy (non-hydrogen) atoms. The van der Waals surface area contributed by atoms with Crippen molar-refractivity contribution in [2.75, 3.05) is 26.2 Å². The summed E-state index contributed by atoms with van der Waals surface area (Å²) in [6.07, 6.45) is 5.78. The monoisotopic (exact) mass is 242 g/mol. The Morgan fingerprint density at radius 1 is 1.29 bits per heavy atom. The third kappa shape index (κ3) is 6.03. The Bertz CT molecular complexity index is 215. The molecular weight excluding hydrogens is 216 g/mol. The number of carboxylic acids is 1. The molecule has 4 nitrogen and oxygen atoms in total. The van der Waals surface area contributed by atoms with E-state index in [4.69, 9.17) is 5.11 Å². The van der Waals surface area contributed by atoms with Gasteiger partial charge in [-0.05, 0) is 58.3 Å². The molecule has 0 aromatic carbocycles. The Labute approximate surface area is 104 Å². The fourth-order valence-corrected chi connectivity index (χ4v) is 2.53. The zero-order chi connectivity index (χ0) is 12.5. The molecule has 1 aliphatic rings. The third-order valence-corrected chi connectivity index (χ3v) is 3.42. The summed E-state index contributed by atoms with van der Waals surface area (Å²) in [5.41, 5.74) is 0. The van der Waals surface area contributed by atoms with Crippen molar-refractivity contribution >= 4 is 5.97 Å². The standard InChI is InChI=1S/C13H26N2O2/c1-2-10-15(11-4-3-5-13(16)17)12-6-8-14-9-7-12/h12,14H,2-11H2,1H3,(H,16,17). The highest BCUT2D eigenvalue weighted by molar-refractivity contribution is 5.66. The second kappa shape index (κ2) is 8.48. The first kappa shape index (κ1) is 14.5. The van der Waals surface area contributed by atoms with E-state index in [1.165, 1.54) is 19.3 Å². The summed E-state index contributed by atoms with van der Waals surface area (Å²) in [4.78, 5) is 13.0. The molecule has 0 aromatic heterocycles. The predicted octanol–water partition coefficient (Wildman–Crippen LogP) is 1.71. The zero-order valence-electron chi connectivity index (χ0n) is 11.0. The summed E-state index contributed by atoms with van der Waals surface area (Å²) < 4.78 is 0. The van der Waals surface area contributed by atoms with Crippen LogP contribution >= 0.6 is 0 Å². The quantitative estimate of drug-likeness (QED) is 0.636. The van der Waals surface area contributed by atoms with Crippen LogP contribution in [0.25, 0.3) is 0 Å². The first-order chi connectivity index (χ1) is 8.24. The normalized spacial score (nSPS) is 17.5. The van der Waals surface area contributed by atoms with Gasteiger partial charge in [-0.15, -0.1) is 0 Å². The van der Waals surface area contributed by atoms with Crippen LogP contribution < -0.4 is 5.32 Å². The molecule has 0 saturated carbocycles. The van der Waals surface area contributed by atoms with Crippen molar-refractivity contribution in [2.45, 2.75) is 51.5 Å². The van der Waals surface area contributed by atoms with Crippen LogP contribution in [0.1, 0.15) is 45.4 Å². The van der Waals surface area contributed by atoms with E-state index < -0.39 is 5.97 Å². The van der Waals surface area contributed by atoms with Crippen LogP contribution in [0.15, 0.2) is 0 Å². The van der Waals surface area contributed by atoms with Crippen LogP contribution in [-0.4, -0.2) is 48.2 Å². The maximum absolute atomic E-state index is 10.4. The Morgan fingerprint density at radius 3 is 2.59 bits per heavy atom. The van der Waals surface area contributed by atoms with Gasteiger partial charge in [-0.2, -0.15) is 0 Å². The van der Waals surface area contributed by atoms with Gasteiger partial charge in [0.1, 0.15) is 0 Å². The van der Waals surface area contributed by atoms with Gasteiger partial charge in [0.05, 0.1) is 0 Å². The van der Waals surface area contributed by atoms with Crippen molar-refractivity contribution in [3.63, 3.8) is 0 Å². The second-order valence-corrected chi connectivity index (χ2v) is 4.87. The molecule has 4 heteroatoms. The van der Waals surface area contributed by atoms with Crippen molar-refractivity contribution in [3.05, 3.63) is 0 Å². The molecule has 0 radical (unpaired) electrons. The average Bonchev–Trinajstić information content (AvgIpc) is 2.34. The maximum atomic E-state index is 10.4. The first-order valence-electron chi connectivity index (χ1n) is 6.90. The maximum Gasteiger partial charge on any atom is 0.303 e. The number of nitrogens with one attached hydrogen (secondary N) is 1. The topological polar surface area (TPSA) is 52.6 Å². The molecule has 0 aromatic rings. The number of carboxylic acid groups (broad SMARTS) is 1. The minimum absolute atomic E-state index is 0.312. The molecule has 1 rings (SSSR count). The molecule has 0 spiro atoms.